The van der Waals surface area contributed by atoms with Gasteiger partial charge in [-0.25, -0.2) is 0 Å². The van der Waals surface area contributed by atoms with E-state index < -0.39 is 0 Å². The summed E-state index contributed by atoms with van der Waals surface area (Å²) in [7, 11) is 2.77. The Morgan fingerprint density at radius 2 is 1.05 bits per heavy atom. The highest BCUT2D eigenvalue weighted by Gasteiger charge is 2.07. The summed E-state index contributed by atoms with van der Waals surface area (Å²) in [6.07, 6.45) is 19.3. The van der Waals surface area contributed by atoms with Gasteiger partial charge in [-0.3, -0.25) is 0 Å². The first-order chi connectivity index (χ1) is 9.68. The van der Waals surface area contributed by atoms with Crippen LogP contribution in [0.1, 0.15) is 104 Å². The summed E-state index contributed by atoms with van der Waals surface area (Å²) in [6, 6.07) is 0. The zero-order chi connectivity index (χ0) is 15.1. The summed E-state index contributed by atoms with van der Waals surface area (Å²) >= 11 is 0. The normalized spacial score (nSPS) is 14.4. The van der Waals surface area contributed by atoms with E-state index in [0.717, 1.165) is 6.42 Å². The highest BCUT2D eigenvalue weighted by Crippen LogP contribution is 2.17. The molecule has 0 saturated carbocycles. The minimum Gasteiger partial charge on any atom is -0.393 e. The van der Waals surface area contributed by atoms with Crippen molar-refractivity contribution in [2.24, 2.45) is 0 Å². The summed E-state index contributed by atoms with van der Waals surface area (Å²) < 4.78 is 0. The molecule has 0 saturated heterocycles. The quantitative estimate of drug-likeness (QED) is 0.286. The second-order valence-corrected chi connectivity index (χ2v) is 7.29. The molecular weight excluding hydrogens is 263 g/mol. The van der Waals surface area contributed by atoms with Gasteiger partial charge in [0.05, 0.1) is 6.10 Å². The smallest absolute Gasteiger partial charge is 0.0574 e. The molecule has 0 radical (unpaired) electrons. The molecule has 0 aromatic carbocycles. The van der Waals surface area contributed by atoms with Crippen LogP contribution >= 0.6 is 9.24 Å². The van der Waals surface area contributed by atoms with E-state index in [1.807, 2.05) is 6.92 Å². The Morgan fingerprint density at radius 1 is 0.700 bits per heavy atom. The van der Waals surface area contributed by atoms with Gasteiger partial charge in [-0.05, 0) is 19.0 Å². The first kappa shape index (κ1) is 20.4. The minimum atomic E-state index is -0.169. The Balaban J connectivity index is 3.03. The molecule has 0 aromatic rings. The highest BCUT2D eigenvalue weighted by molar-refractivity contribution is 7.17. The Hall–Kier alpha value is 0.390. The molecule has 0 bridgehead atoms. The Morgan fingerprint density at radius 3 is 1.40 bits per heavy atom. The van der Waals surface area contributed by atoms with Gasteiger partial charge in [0.2, 0.25) is 0 Å². The van der Waals surface area contributed by atoms with Crippen molar-refractivity contribution in [3.63, 3.8) is 0 Å². The average Bonchev–Trinajstić information content (AvgIpc) is 2.43. The molecule has 3 atom stereocenters. The molecule has 0 spiro atoms. The van der Waals surface area contributed by atoms with Gasteiger partial charge in [0.25, 0.3) is 0 Å². The first-order valence-electron chi connectivity index (χ1n) is 9.12. The maximum absolute atomic E-state index is 9.39. The summed E-state index contributed by atoms with van der Waals surface area (Å²) in [5.41, 5.74) is 0.391. The molecule has 1 N–H and O–H groups in total. The zero-order valence-corrected chi connectivity index (χ0v) is 15.2. The van der Waals surface area contributed by atoms with Gasteiger partial charge < -0.3 is 5.11 Å². The molecule has 0 heterocycles. The summed E-state index contributed by atoms with van der Waals surface area (Å²) in [6.45, 7) is 4.17. The monoisotopic (exact) mass is 302 g/mol. The maximum atomic E-state index is 9.39. The second kappa shape index (κ2) is 15.8. The number of hydrogen-bond acceptors (Lipinski definition) is 1. The zero-order valence-electron chi connectivity index (χ0n) is 14.1. The van der Waals surface area contributed by atoms with Crippen LogP contribution in [0.25, 0.3) is 0 Å². The van der Waals surface area contributed by atoms with Crippen molar-refractivity contribution in [2.45, 2.75) is 116 Å². The third kappa shape index (κ3) is 14.8. The number of rotatable bonds is 15. The molecule has 0 aliphatic rings. The Labute approximate surface area is 130 Å². The SMILES string of the molecule is CCCCCCCCCCCCCCCC(P)C(C)O. The molecule has 1 nitrogen and oxygen atoms in total. The van der Waals surface area contributed by atoms with Crippen LogP contribution in [0.2, 0.25) is 0 Å². The van der Waals surface area contributed by atoms with Crippen LogP contribution in [0.5, 0.6) is 0 Å². The lowest BCUT2D eigenvalue weighted by Gasteiger charge is -2.13. The molecule has 20 heavy (non-hydrogen) atoms. The third-order valence-corrected chi connectivity index (χ3v) is 5.15. The number of aliphatic hydroxyl groups excluding tert-OH is 1. The van der Waals surface area contributed by atoms with Gasteiger partial charge in [-0.1, -0.05) is 90.4 Å². The standard InChI is InChI=1S/C18H39OP/c1-3-4-5-6-7-8-9-10-11-12-13-14-15-16-18(20)17(2)19/h17-19H,3-16,20H2,1-2H3. The van der Waals surface area contributed by atoms with Gasteiger partial charge in [-0.2, -0.15) is 0 Å². The lowest BCUT2D eigenvalue weighted by Crippen LogP contribution is -2.15. The van der Waals surface area contributed by atoms with Crippen molar-refractivity contribution < 1.29 is 5.11 Å². The van der Waals surface area contributed by atoms with Gasteiger partial charge >= 0.3 is 0 Å². The van der Waals surface area contributed by atoms with Crippen molar-refractivity contribution in [1.29, 1.82) is 0 Å². The van der Waals surface area contributed by atoms with Crippen molar-refractivity contribution in [3.8, 4) is 0 Å². The molecule has 0 aromatic heterocycles. The number of aliphatic hydroxyl groups is 1. The van der Waals surface area contributed by atoms with E-state index >= 15 is 0 Å². The van der Waals surface area contributed by atoms with E-state index in [0.29, 0.717) is 5.66 Å². The van der Waals surface area contributed by atoms with E-state index in [1.165, 1.54) is 83.5 Å². The fourth-order valence-electron chi connectivity index (χ4n) is 2.64. The maximum Gasteiger partial charge on any atom is 0.0574 e. The molecule has 0 aliphatic carbocycles. The van der Waals surface area contributed by atoms with Gasteiger partial charge in [0.1, 0.15) is 0 Å². The summed E-state index contributed by atoms with van der Waals surface area (Å²) in [5.74, 6) is 0. The predicted octanol–water partition coefficient (Wildman–Crippen LogP) is 6.09. The van der Waals surface area contributed by atoms with Crippen molar-refractivity contribution in [3.05, 3.63) is 0 Å². The van der Waals surface area contributed by atoms with E-state index in [4.69, 9.17) is 0 Å². The third-order valence-electron chi connectivity index (χ3n) is 4.26. The molecular formula is C18H39OP. The highest BCUT2D eigenvalue weighted by atomic mass is 31.0. The molecule has 0 aliphatic heterocycles. The first-order valence-corrected chi connectivity index (χ1v) is 9.78. The second-order valence-electron chi connectivity index (χ2n) is 6.44. The van der Waals surface area contributed by atoms with Crippen molar-refractivity contribution in [1.82, 2.24) is 0 Å². The Kier molecular flexibility index (Phi) is 16.1. The van der Waals surface area contributed by atoms with Crippen LogP contribution in [-0.4, -0.2) is 16.9 Å². The molecule has 122 valence electrons. The molecule has 2 heteroatoms. The van der Waals surface area contributed by atoms with Crippen molar-refractivity contribution in [2.75, 3.05) is 0 Å². The lowest BCUT2D eigenvalue weighted by molar-refractivity contribution is 0.186. The van der Waals surface area contributed by atoms with Crippen LogP contribution in [0, 0.1) is 0 Å². The molecule has 0 amide bonds. The Bertz CT molecular complexity index is 182. The topological polar surface area (TPSA) is 20.2 Å². The lowest BCUT2D eigenvalue weighted by atomic mass is 10.0. The van der Waals surface area contributed by atoms with E-state index in [2.05, 4.69) is 16.2 Å². The van der Waals surface area contributed by atoms with Crippen LogP contribution < -0.4 is 0 Å². The van der Waals surface area contributed by atoms with Crippen LogP contribution in [0.4, 0.5) is 0 Å². The molecule has 0 rings (SSSR count). The summed E-state index contributed by atoms with van der Waals surface area (Å²) in [4.78, 5) is 0. The molecule has 3 unspecified atom stereocenters. The summed E-state index contributed by atoms with van der Waals surface area (Å²) in [5, 5.41) is 9.39. The van der Waals surface area contributed by atoms with Crippen molar-refractivity contribution >= 4 is 9.24 Å². The largest absolute Gasteiger partial charge is 0.393 e. The number of hydrogen-bond donors (Lipinski definition) is 1. The predicted molar refractivity (Wildman–Crippen MR) is 95.5 cm³/mol. The average molecular weight is 302 g/mol. The van der Waals surface area contributed by atoms with Gasteiger partial charge in [-0.15, -0.1) is 9.24 Å². The fraction of sp³-hybridized carbons (Fsp3) is 1.00. The molecule has 0 fully saturated rings. The van der Waals surface area contributed by atoms with Crippen LogP contribution in [0.15, 0.2) is 0 Å². The number of unbranched alkanes of at least 4 members (excludes halogenated alkanes) is 12. The fourth-order valence-corrected chi connectivity index (χ4v) is 2.87. The van der Waals surface area contributed by atoms with E-state index in [1.54, 1.807) is 0 Å². The minimum absolute atomic E-state index is 0.169. The van der Waals surface area contributed by atoms with Crippen LogP contribution in [-0.2, 0) is 0 Å². The van der Waals surface area contributed by atoms with E-state index in [9.17, 15) is 5.11 Å². The van der Waals surface area contributed by atoms with E-state index in [-0.39, 0.29) is 6.10 Å². The van der Waals surface area contributed by atoms with Gasteiger partial charge in [0.15, 0.2) is 0 Å². The van der Waals surface area contributed by atoms with Gasteiger partial charge in [0, 0.05) is 0 Å². The van der Waals surface area contributed by atoms with Crippen LogP contribution in [0.3, 0.4) is 0 Å².